The van der Waals surface area contributed by atoms with Gasteiger partial charge in [-0.1, -0.05) is 20.4 Å². The minimum absolute atomic E-state index is 0.0878. The monoisotopic (exact) mass is 235 g/mol. The molecule has 0 saturated heterocycles. The van der Waals surface area contributed by atoms with Gasteiger partial charge in [-0.05, 0) is 12.8 Å². The Labute approximate surface area is 90.3 Å². The number of hydrogen-bond donors (Lipinski definition) is 2. The van der Waals surface area contributed by atoms with Gasteiger partial charge < -0.3 is 5.32 Å². The van der Waals surface area contributed by atoms with Crippen LogP contribution < -0.4 is 5.32 Å². The van der Waals surface area contributed by atoms with Crippen LogP contribution in [0.4, 0.5) is 0 Å². The third-order valence-corrected chi connectivity index (χ3v) is 2.68. The standard InChI is InChI=1S/C9H17NO4S/c1-6(2)8(5-15(12,13)14)10-9(11)7(3)4/h6,8H,3,5H2,1-2,4H3,(H,10,11)(H,12,13,14). The molecule has 0 aliphatic rings. The lowest BCUT2D eigenvalue weighted by Gasteiger charge is -2.20. The number of hydrogen-bond acceptors (Lipinski definition) is 3. The van der Waals surface area contributed by atoms with Crippen molar-refractivity contribution < 1.29 is 17.8 Å². The summed E-state index contributed by atoms with van der Waals surface area (Å²) in [5.41, 5.74) is 0.302. The van der Waals surface area contributed by atoms with Crippen LogP contribution in [-0.2, 0) is 14.9 Å². The Morgan fingerprint density at radius 1 is 1.47 bits per heavy atom. The van der Waals surface area contributed by atoms with Crippen molar-refractivity contribution in [3.8, 4) is 0 Å². The second-order valence-electron chi connectivity index (χ2n) is 3.85. The van der Waals surface area contributed by atoms with E-state index in [0.717, 1.165) is 0 Å². The van der Waals surface area contributed by atoms with Crippen LogP contribution in [0.15, 0.2) is 12.2 Å². The van der Waals surface area contributed by atoms with Gasteiger partial charge >= 0.3 is 0 Å². The number of carbonyl (C=O) groups is 1. The van der Waals surface area contributed by atoms with Crippen molar-refractivity contribution in [2.24, 2.45) is 5.92 Å². The fourth-order valence-corrected chi connectivity index (χ4v) is 1.84. The molecule has 1 amide bonds. The molecule has 0 aromatic rings. The summed E-state index contributed by atoms with van der Waals surface area (Å²) in [5, 5.41) is 2.49. The van der Waals surface area contributed by atoms with E-state index in [4.69, 9.17) is 4.55 Å². The van der Waals surface area contributed by atoms with Gasteiger partial charge in [0.1, 0.15) is 0 Å². The van der Waals surface area contributed by atoms with Crippen molar-refractivity contribution in [2.75, 3.05) is 5.75 Å². The average molecular weight is 235 g/mol. The minimum Gasteiger partial charge on any atom is -0.348 e. The highest BCUT2D eigenvalue weighted by Crippen LogP contribution is 2.05. The van der Waals surface area contributed by atoms with E-state index in [2.05, 4.69) is 11.9 Å². The number of carbonyl (C=O) groups excluding carboxylic acids is 1. The first-order valence-electron chi connectivity index (χ1n) is 4.55. The molecule has 0 aliphatic heterocycles. The average Bonchev–Trinajstić information content (AvgIpc) is 1.99. The Balaban J connectivity index is 4.56. The molecule has 0 rings (SSSR count). The first kappa shape index (κ1) is 14.1. The largest absolute Gasteiger partial charge is 0.348 e. The van der Waals surface area contributed by atoms with Gasteiger partial charge in [0, 0.05) is 11.6 Å². The van der Waals surface area contributed by atoms with E-state index in [1.54, 1.807) is 13.8 Å². The van der Waals surface area contributed by atoms with Crippen molar-refractivity contribution in [1.82, 2.24) is 5.32 Å². The summed E-state index contributed by atoms with van der Waals surface area (Å²) in [7, 11) is -4.08. The zero-order chi connectivity index (χ0) is 12.2. The fraction of sp³-hybridized carbons (Fsp3) is 0.667. The Morgan fingerprint density at radius 3 is 2.20 bits per heavy atom. The van der Waals surface area contributed by atoms with Crippen molar-refractivity contribution in [2.45, 2.75) is 26.8 Å². The summed E-state index contributed by atoms with van der Waals surface area (Å²) in [5.74, 6) is -0.975. The molecule has 0 spiro atoms. The third-order valence-electron chi connectivity index (χ3n) is 1.90. The Morgan fingerprint density at radius 2 is 1.93 bits per heavy atom. The molecule has 6 heteroatoms. The number of nitrogens with one attached hydrogen (secondary N) is 1. The molecule has 88 valence electrons. The normalized spacial score (nSPS) is 13.7. The smallest absolute Gasteiger partial charge is 0.266 e. The molecular formula is C9H17NO4S. The molecule has 1 unspecified atom stereocenters. The van der Waals surface area contributed by atoms with Crippen LogP contribution in [0.1, 0.15) is 20.8 Å². The van der Waals surface area contributed by atoms with Gasteiger partial charge in [-0.2, -0.15) is 8.42 Å². The zero-order valence-electron chi connectivity index (χ0n) is 9.15. The van der Waals surface area contributed by atoms with E-state index in [-0.39, 0.29) is 5.92 Å². The molecular weight excluding hydrogens is 218 g/mol. The highest BCUT2D eigenvalue weighted by atomic mass is 32.2. The maximum Gasteiger partial charge on any atom is 0.266 e. The van der Waals surface area contributed by atoms with Crippen molar-refractivity contribution in [3.05, 3.63) is 12.2 Å². The minimum atomic E-state index is -4.08. The molecule has 0 aromatic heterocycles. The van der Waals surface area contributed by atoms with Gasteiger partial charge in [0.2, 0.25) is 5.91 Å². The SMILES string of the molecule is C=C(C)C(=O)NC(CS(=O)(=O)O)C(C)C. The molecule has 0 bridgehead atoms. The van der Waals surface area contributed by atoms with Crippen molar-refractivity contribution in [1.29, 1.82) is 0 Å². The van der Waals surface area contributed by atoms with Gasteiger partial charge in [0.25, 0.3) is 10.1 Å². The Kier molecular flexibility index (Phi) is 4.96. The molecule has 2 N–H and O–H groups in total. The fourth-order valence-electron chi connectivity index (χ4n) is 0.919. The van der Waals surface area contributed by atoms with Gasteiger partial charge in [-0.25, -0.2) is 0 Å². The molecule has 0 saturated carbocycles. The number of rotatable bonds is 5. The highest BCUT2D eigenvalue weighted by Gasteiger charge is 2.22. The predicted octanol–water partition coefficient (Wildman–Crippen LogP) is 0.591. The highest BCUT2D eigenvalue weighted by molar-refractivity contribution is 7.85. The van der Waals surface area contributed by atoms with Crippen LogP contribution in [0.3, 0.4) is 0 Å². The van der Waals surface area contributed by atoms with Crippen LogP contribution in [0, 0.1) is 5.92 Å². The lowest BCUT2D eigenvalue weighted by Crippen LogP contribution is -2.43. The topological polar surface area (TPSA) is 83.5 Å². The summed E-state index contributed by atoms with van der Waals surface area (Å²) < 4.78 is 30.0. The second kappa shape index (κ2) is 5.27. The molecule has 0 fully saturated rings. The van der Waals surface area contributed by atoms with Crippen LogP contribution in [-0.4, -0.2) is 30.7 Å². The van der Waals surface area contributed by atoms with Crippen LogP contribution in [0.25, 0.3) is 0 Å². The molecule has 0 aliphatic carbocycles. The second-order valence-corrected chi connectivity index (χ2v) is 5.35. The van der Waals surface area contributed by atoms with Crippen molar-refractivity contribution in [3.63, 3.8) is 0 Å². The summed E-state index contributed by atoms with van der Waals surface area (Å²) in [6.07, 6.45) is 0. The first-order chi connectivity index (χ1) is 6.63. The maximum atomic E-state index is 11.3. The van der Waals surface area contributed by atoms with Crippen molar-refractivity contribution >= 4 is 16.0 Å². The lowest BCUT2D eigenvalue weighted by atomic mass is 10.1. The van der Waals surface area contributed by atoms with Crippen LogP contribution in [0.5, 0.6) is 0 Å². The van der Waals surface area contributed by atoms with E-state index in [9.17, 15) is 13.2 Å². The third kappa shape index (κ3) is 6.24. The Bertz CT molecular complexity index is 345. The Hall–Kier alpha value is -0.880. The zero-order valence-corrected chi connectivity index (χ0v) is 9.97. The van der Waals surface area contributed by atoms with Crippen LogP contribution in [0.2, 0.25) is 0 Å². The maximum absolute atomic E-state index is 11.3. The summed E-state index contributed by atoms with van der Waals surface area (Å²) in [4.78, 5) is 11.3. The molecule has 15 heavy (non-hydrogen) atoms. The van der Waals surface area contributed by atoms with E-state index < -0.39 is 27.8 Å². The van der Waals surface area contributed by atoms with Crippen LogP contribution >= 0.6 is 0 Å². The van der Waals surface area contributed by atoms with Gasteiger partial charge in [-0.15, -0.1) is 0 Å². The van der Waals surface area contributed by atoms with Gasteiger partial charge in [0.15, 0.2) is 0 Å². The molecule has 5 nitrogen and oxygen atoms in total. The molecule has 0 heterocycles. The molecule has 0 aromatic carbocycles. The quantitative estimate of drug-likeness (QED) is 0.539. The summed E-state index contributed by atoms with van der Waals surface area (Å²) in [6.45, 7) is 8.48. The van der Waals surface area contributed by atoms with Gasteiger partial charge in [-0.3, -0.25) is 9.35 Å². The predicted molar refractivity (Wildman–Crippen MR) is 58.0 cm³/mol. The van der Waals surface area contributed by atoms with Gasteiger partial charge in [0.05, 0.1) is 5.75 Å². The van der Waals surface area contributed by atoms with E-state index in [0.29, 0.717) is 5.57 Å². The lowest BCUT2D eigenvalue weighted by molar-refractivity contribution is -0.118. The number of amides is 1. The van der Waals surface area contributed by atoms with E-state index in [1.165, 1.54) is 6.92 Å². The first-order valence-corrected chi connectivity index (χ1v) is 6.16. The van der Waals surface area contributed by atoms with E-state index >= 15 is 0 Å². The molecule has 0 radical (unpaired) electrons. The summed E-state index contributed by atoms with van der Waals surface area (Å²) in [6, 6.07) is -0.607. The molecule has 1 atom stereocenters. The van der Waals surface area contributed by atoms with E-state index in [1.807, 2.05) is 0 Å². The summed E-state index contributed by atoms with van der Waals surface area (Å²) >= 11 is 0.